The second kappa shape index (κ2) is 8.31. The van der Waals surface area contributed by atoms with Crippen LogP contribution in [0.1, 0.15) is 51.7 Å². The van der Waals surface area contributed by atoms with Gasteiger partial charge < -0.3 is 5.32 Å². The number of hydrogen-bond acceptors (Lipinski definition) is 1. The maximum absolute atomic E-state index is 3.57. The molecular formula is C17H29N. The van der Waals surface area contributed by atoms with E-state index < -0.39 is 0 Å². The van der Waals surface area contributed by atoms with Gasteiger partial charge in [0.05, 0.1) is 0 Å². The Morgan fingerprint density at radius 2 is 1.61 bits per heavy atom. The van der Waals surface area contributed by atoms with Crippen molar-refractivity contribution >= 4 is 0 Å². The lowest BCUT2D eigenvalue weighted by molar-refractivity contribution is 0.418. The van der Waals surface area contributed by atoms with E-state index in [9.17, 15) is 0 Å². The molecule has 0 saturated heterocycles. The van der Waals surface area contributed by atoms with E-state index in [1.807, 2.05) is 0 Å². The molecule has 0 fully saturated rings. The Kier molecular flexibility index (Phi) is 7.04. The molecule has 0 aromatic heterocycles. The van der Waals surface area contributed by atoms with Crippen molar-refractivity contribution in [2.24, 2.45) is 5.92 Å². The number of nitrogens with one attached hydrogen (secondary N) is 1. The Hall–Kier alpha value is -0.820. The maximum atomic E-state index is 3.57. The molecule has 1 nitrogen and oxygen atoms in total. The quantitative estimate of drug-likeness (QED) is 0.726. The largest absolute Gasteiger partial charge is 0.314 e. The third-order valence-corrected chi connectivity index (χ3v) is 3.47. The zero-order valence-corrected chi connectivity index (χ0v) is 12.5. The van der Waals surface area contributed by atoms with Crippen molar-refractivity contribution in [2.45, 2.75) is 59.4 Å². The second-order valence-electron chi connectivity index (χ2n) is 5.59. The van der Waals surface area contributed by atoms with E-state index in [1.54, 1.807) is 0 Å². The minimum Gasteiger partial charge on any atom is -0.314 e. The van der Waals surface area contributed by atoms with Crippen LogP contribution in [0.4, 0.5) is 0 Å². The topological polar surface area (TPSA) is 12.0 Å². The molecule has 0 aliphatic heterocycles. The average Bonchev–Trinajstić information content (AvgIpc) is 2.37. The molecule has 1 aromatic rings. The average molecular weight is 247 g/mol. The van der Waals surface area contributed by atoms with Crippen LogP contribution < -0.4 is 5.32 Å². The van der Waals surface area contributed by atoms with Gasteiger partial charge in [-0.3, -0.25) is 0 Å². The summed E-state index contributed by atoms with van der Waals surface area (Å²) in [4.78, 5) is 0. The zero-order chi connectivity index (χ0) is 13.4. The Morgan fingerprint density at radius 1 is 1.00 bits per heavy atom. The van der Waals surface area contributed by atoms with Crippen LogP contribution in [-0.2, 0) is 12.8 Å². The fourth-order valence-electron chi connectivity index (χ4n) is 2.33. The first kappa shape index (κ1) is 15.2. The Balaban J connectivity index is 2.52. The first-order chi connectivity index (χ1) is 8.65. The minimum absolute atomic E-state index is 0.590. The molecule has 0 radical (unpaired) electrons. The van der Waals surface area contributed by atoms with Crippen LogP contribution in [0.15, 0.2) is 24.3 Å². The number of rotatable bonds is 8. The lowest BCUT2D eigenvalue weighted by Gasteiger charge is -2.19. The van der Waals surface area contributed by atoms with Gasteiger partial charge in [-0.15, -0.1) is 0 Å². The molecule has 1 atom stereocenters. The molecule has 102 valence electrons. The number of hydrogen-bond donors (Lipinski definition) is 1. The molecule has 1 aromatic carbocycles. The smallest absolute Gasteiger partial charge is 0.00104 e. The van der Waals surface area contributed by atoms with Crippen LogP contribution in [-0.4, -0.2) is 12.6 Å². The number of benzene rings is 1. The Morgan fingerprint density at radius 3 is 2.11 bits per heavy atom. The Labute approximate surface area is 113 Å². The molecule has 0 aliphatic rings. The van der Waals surface area contributed by atoms with Gasteiger partial charge in [0.1, 0.15) is 0 Å². The van der Waals surface area contributed by atoms with Gasteiger partial charge in [-0.1, -0.05) is 58.4 Å². The molecule has 0 amide bonds. The summed E-state index contributed by atoms with van der Waals surface area (Å²) in [6.45, 7) is 10.1. The molecule has 0 saturated carbocycles. The van der Waals surface area contributed by atoms with Gasteiger partial charge in [-0.05, 0) is 42.9 Å². The molecular weight excluding hydrogens is 218 g/mol. The molecule has 0 aliphatic carbocycles. The molecule has 1 unspecified atom stereocenters. The summed E-state index contributed by atoms with van der Waals surface area (Å²) >= 11 is 0. The lowest BCUT2D eigenvalue weighted by atomic mass is 9.94. The van der Waals surface area contributed by atoms with Gasteiger partial charge in [0.15, 0.2) is 0 Å². The van der Waals surface area contributed by atoms with Crippen molar-refractivity contribution in [1.29, 1.82) is 0 Å². The van der Waals surface area contributed by atoms with Gasteiger partial charge in [-0.25, -0.2) is 0 Å². The standard InChI is InChI=1S/C17H29N/c1-5-7-17(13-18-14(3)4)12-16-10-8-15(6-2)9-11-16/h8-11,14,17-18H,5-7,12-13H2,1-4H3. The third-order valence-electron chi connectivity index (χ3n) is 3.47. The monoisotopic (exact) mass is 247 g/mol. The zero-order valence-electron chi connectivity index (χ0n) is 12.5. The van der Waals surface area contributed by atoms with Gasteiger partial charge in [0.25, 0.3) is 0 Å². The van der Waals surface area contributed by atoms with E-state index in [0.29, 0.717) is 6.04 Å². The van der Waals surface area contributed by atoms with Crippen LogP contribution in [0.2, 0.25) is 0 Å². The van der Waals surface area contributed by atoms with E-state index in [4.69, 9.17) is 0 Å². The van der Waals surface area contributed by atoms with Crippen LogP contribution >= 0.6 is 0 Å². The van der Waals surface area contributed by atoms with Crippen LogP contribution in [0.25, 0.3) is 0 Å². The summed E-state index contributed by atoms with van der Waals surface area (Å²) < 4.78 is 0. The summed E-state index contributed by atoms with van der Waals surface area (Å²) in [5, 5.41) is 3.57. The van der Waals surface area contributed by atoms with Gasteiger partial charge in [-0.2, -0.15) is 0 Å². The summed E-state index contributed by atoms with van der Waals surface area (Å²) in [7, 11) is 0. The van der Waals surface area contributed by atoms with Crippen LogP contribution in [0.5, 0.6) is 0 Å². The van der Waals surface area contributed by atoms with E-state index in [2.05, 4.69) is 57.3 Å². The van der Waals surface area contributed by atoms with Crippen LogP contribution in [0, 0.1) is 5.92 Å². The predicted molar refractivity (Wildman–Crippen MR) is 81.1 cm³/mol. The summed E-state index contributed by atoms with van der Waals surface area (Å²) in [5.74, 6) is 0.768. The highest BCUT2D eigenvalue weighted by Crippen LogP contribution is 2.15. The first-order valence-corrected chi connectivity index (χ1v) is 7.46. The normalized spacial score (nSPS) is 12.9. The summed E-state index contributed by atoms with van der Waals surface area (Å²) in [5.41, 5.74) is 2.92. The SMILES string of the molecule is CCCC(CNC(C)C)Cc1ccc(CC)cc1. The molecule has 0 heterocycles. The van der Waals surface area contributed by atoms with Crippen molar-refractivity contribution in [1.82, 2.24) is 5.32 Å². The van der Waals surface area contributed by atoms with Crippen molar-refractivity contribution < 1.29 is 0 Å². The highest BCUT2D eigenvalue weighted by atomic mass is 14.9. The van der Waals surface area contributed by atoms with E-state index in [-0.39, 0.29) is 0 Å². The number of aryl methyl sites for hydroxylation is 1. The Bertz CT molecular complexity index is 313. The summed E-state index contributed by atoms with van der Waals surface area (Å²) in [6, 6.07) is 9.74. The second-order valence-corrected chi connectivity index (χ2v) is 5.59. The molecule has 18 heavy (non-hydrogen) atoms. The summed E-state index contributed by atoms with van der Waals surface area (Å²) in [6.07, 6.45) is 4.93. The predicted octanol–water partition coefficient (Wildman–Crippen LogP) is 4.21. The molecule has 1 rings (SSSR count). The highest BCUT2D eigenvalue weighted by molar-refractivity contribution is 5.22. The maximum Gasteiger partial charge on any atom is 0.00104 e. The minimum atomic E-state index is 0.590. The molecule has 1 heteroatoms. The van der Waals surface area contributed by atoms with E-state index in [1.165, 1.54) is 30.4 Å². The van der Waals surface area contributed by atoms with Crippen molar-refractivity contribution in [3.63, 3.8) is 0 Å². The molecule has 0 bridgehead atoms. The van der Waals surface area contributed by atoms with Crippen LogP contribution in [0.3, 0.4) is 0 Å². The van der Waals surface area contributed by atoms with Gasteiger partial charge >= 0.3 is 0 Å². The molecule has 0 spiro atoms. The molecule has 1 N–H and O–H groups in total. The van der Waals surface area contributed by atoms with E-state index >= 15 is 0 Å². The third kappa shape index (κ3) is 5.68. The highest BCUT2D eigenvalue weighted by Gasteiger charge is 2.09. The van der Waals surface area contributed by atoms with Crippen molar-refractivity contribution in [3.05, 3.63) is 35.4 Å². The fourth-order valence-corrected chi connectivity index (χ4v) is 2.33. The van der Waals surface area contributed by atoms with E-state index in [0.717, 1.165) is 18.9 Å². The first-order valence-electron chi connectivity index (χ1n) is 7.46. The van der Waals surface area contributed by atoms with Gasteiger partial charge in [0.2, 0.25) is 0 Å². The fraction of sp³-hybridized carbons (Fsp3) is 0.647. The lowest BCUT2D eigenvalue weighted by Crippen LogP contribution is -2.29. The van der Waals surface area contributed by atoms with Crippen molar-refractivity contribution in [2.75, 3.05) is 6.54 Å². The van der Waals surface area contributed by atoms with Crippen molar-refractivity contribution in [3.8, 4) is 0 Å². The van der Waals surface area contributed by atoms with Gasteiger partial charge in [0, 0.05) is 6.04 Å².